The molecule has 19 heavy (non-hydrogen) atoms. The molecule has 2 rings (SSSR count). The highest BCUT2D eigenvalue weighted by Crippen LogP contribution is 2.43. The lowest BCUT2D eigenvalue weighted by Gasteiger charge is -2.23. The van der Waals surface area contributed by atoms with Crippen molar-refractivity contribution in [2.75, 3.05) is 34.4 Å². The molecule has 2 atom stereocenters. The van der Waals surface area contributed by atoms with Crippen LogP contribution in [0.15, 0.2) is 12.1 Å². The second-order valence-corrected chi connectivity index (χ2v) is 5.43. The first-order valence-corrected chi connectivity index (χ1v) is 6.80. The zero-order valence-electron chi connectivity index (χ0n) is 11.6. The van der Waals surface area contributed by atoms with E-state index in [1.807, 2.05) is 6.07 Å². The molecule has 2 N–H and O–H groups in total. The van der Waals surface area contributed by atoms with Crippen LogP contribution in [0.2, 0.25) is 5.02 Å². The average Bonchev–Trinajstić information content (AvgIpc) is 2.79. The molecule has 1 aromatic rings. The normalized spacial score (nSPS) is 23.6. The predicted octanol–water partition coefficient (Wildman–Crippen LogP) is 2.31. The van der Waals surface area contributed by atoms with Gasteiger partial charge in [-0.2, -0.15) is 0 Å². The Labute approximate surface area is 119 Å². The number of halogens is 1. The first kappa shape index (κ1) is 14.4. The Morgan fingerprint density at radius 3 is 2.63 bits per heavy atom. The quantitative estimate of drug-likeness (QED) is 0.922. The molecule has 0 amide bonds. The zero-order chi connectivity index (χ0) is 14.0. The van der Waals surface area contributed by atoms with Crippen LogP contribution in [0, 0.1) is 5.92 Å². The summed E-state index contributed by atoms with van der Waals surface area (Å²) >= 11 is 6.26. The van der Waals surface area contributed by atoms with E-state index >= 15 is 0 Å². The van der Waals surface area contributed by atoms with Crippen molar-refractivity contribution in [1.82, 2.24) is 4.90 Å². The number of likely N-dealkylation sites (tertiary alicyclic amines) is 1. The first-order chi connectivity index (χ1) is 9.10. The number of hydrogen-bond donors (Lipinski definition) is 1. The Morgan fingerprint density at radius 1 is 1.37 bits per heavy atom. The van der Waals surface area contributed by atoms with Crippen molar-refractivity contribution in [2.24, 2.45) is 11.7 Å². The maximum atomic E-state index is 6.26. The summed E-state index contributed by atoms with van der Waals surface area (Å²) < 4.78 is 10.8. The van der Waals surface area contributed by atoms with E-state index in [2.05, 4.69) is 11.9 Å². The van der Waals surface area contributed by atoms with Crippen molar-refractivity contribution >= 4 is 11.6 Å². The Morgan fingerprint density at radius 2 is 2.11 bits per heavy atom. The second kappa shape index (κ2) is 5.99. The molecular weight excluding hydrogens is 264 g/mol. The van der Waals surface area contributed by atoms with Gasteiger partial charge in [-0.3, -0.25) is 4.90 Å². The molecule has 0 aliphatic carbocycles. The lowest BCUT2D eigenvalue weighted by Crippen LogP contribution is -2.21. The van der Waals surface area contributed by atoms with Gasteiger partial charge in [0.15, 0.2) is 0 Å². The third-order valence-electron chi connectivity index (χ3n) is 3.81. The number of benzene rings is 1. The van der Waals surface area contributed by atoms with Gasteiger partial charge in [-0.1, -0.05) is 11.6 Å². The van der Waals surface area contributed by atoms with Crippen LogP contribution in [0.4, 0.5) is 0 Å². The summed E-state index contributed by atoms with van der Waals surface area (Å²) in [6.45, 7) is 1.71. The SMILES string of the molecule is COc1cc(Cl)c(OC)c(C2CC(CN)CN2C)c1. The molecule has 0 spiro atoms. The van der Waals surface area contributed by atoms with Crippen LogP contribution in [-0.4, -0.2) is 39.3 Å². The molecular formula is C14H21ClN2O2. The Kier molecular flexibility index (Phi) is 4.55. The standard InChI is InChI=1S/C14H21ClN2O2/c1-17-8-9(7-16)4-13(17)11-5-10(18-2)6-12(15)14(11)19-3/h5-6,9,13H,4,7-8,16H2,1-3H3. The summed E-state index contributed by atoms with van der Waals surface area (Å²) in [7, 11) is 5.39. The highest BCUT2D eigenvalue weighted by atomic mass is 35.5. The topological polar surface area (TPSA) is 47.7 Å². The maximum absolute atomic E-state index is 6.26. The Hall–Kier alpha value is -0.970. The van der Waals surface area contributed by atoms with Gasteiger partial charge in [-0.15, -0.1) is 0 Å². The van der Waals surface area contributed by atoms with Crippen LogP contribution in [0.5, 0.6) is 11.5 Å². The van der Waals surface area contributed by atoms with Crippen LogP contribution in [0.3, 0.4) is 0 Å². The van der Waals surface area contributed by atoms with E-state index in [1.54, 1.807) is 20.3 Å². The van der Waals surface area contributed by atoms with E-state index in [0.29, 0.717) is 17.5 Å². The van der Waals surface area contributed by atoms with E-state index in [9.17, 15) is 0 Å². The number of rotatable bonds is 4. The molecule has 1 fully saturated rings. The Bertz CT molecular complexity index is 453. The Balaban J connectivity index is 2.40. The summed E-state index contributed by atoms with van der Waals surface area (Å²) in [6, 6.07) is 4.06. The highest BCUT2D eigenvalue weighted by molar-refractivity contribution is 6.32. The van der Waals surface area contributed by atoms with E-state index in [-0.39, 0.29) is 6.04 Å². The largest absolute Gasteiger partial charge is 0.497 e. The number of methoxy groups -OCH3 is 2. The monoisotopic (exact) mass is 284 g/mol. The van der Waals surface area contributed by atoms with E-state index < -0.39 is 0 Å². The van der Waals surface area contributed by atoms with Crippen LogP contribution in [0.1, 0.15) is 18.0 Å². The fraction of sp³-hybridized carbons (Fsp3) is 0.571. The molecule has 0 saturated carbocycles. The molecule has 0 radical (unpaired) electrons. The van der Waals surface area contributed by atoms with Gasteiger partial charge < -0.3 is 15.2 Å². The van der Waals surface area contributed by atoms with Gasteiger partial charge in [-0.05, 0) is 32.0 Å². The zero-order valence-corrected chi connectivity index (χ0v) is 12.4. The average molecular weight is 285 g/mol. The van der Waals surface area contributed by atoms with Crippen molar-refractivity contribution < 1.29 is 9.47 Å². The molecule has 4 nitrogen and oxygen atoms in total. The maximum Gasteiger partial charge on any atom is 0.142 e. The highest BCUT2D eigenvalue weighted by Gasteiger charge is 2.32. The minimum absolute atomic E-state index is 0.274. The fourth-order valence-corrected chi connectivity index (χ4v) is 3.10. The van der Waals surface area contributed by atoms with Gasteiger partial charge in [-0.25, -0.2) is 0 Å². The van der Waals surface area contributed by atoms with Gasteiger partial charge in [0.25, 0.3) is 0 Å². The van der Waals surface area contributed by atoms with E-state index in [0.717, 1.165) is 30.0 Å². The molecule has 1 heterocycles. The molecule has 0 bridgehead atoms. The minimum atomic E-state index is 0.274. The van der Waals surface area contributed by atoms with Crippen molar-refractivity contribution in [2.45, 2.75) is 12.5 Å². The molecule has 106 valence electrons. The second-order valence-electron chi connectivity index (χ2n) is 5.02. The first-order valence-electron chi connectivity index (χ1n) is 6.42. The molecule has 0 aromatic heterocycles. The van der Waals surface area contributed by atoms with E-state index in [4.69, 9.17) is 26.8 Å². The minimum Gasteiger partial charge on any atom is -0.497 e. The summed E-state index contributed by atoms with van der Waals surface area (Å²) in [5.74, 6) is 2.01. The van der Waals surface area contributed by atoms with Gasteiger partial charge >= 0.3 is 0 Å². The number of nitrogens with zero attached hydrogens (tertiary/aromatic N) is 1. The van der Waals surface area contributed by atoms with Gasteiger partial charge in [0.2, 0.25) is 0 Å². The van der Waals surface area contributed by atoms with Crippen molar-refractivity contribution in [3.8, 4) is 11.5 Å². The van der Waals surface area contributed by atoms with Gasteiger partial charge in [0.05, 0.1) is 19.2 Å². The molecule has 1 aliphatic rings. The molecule has 1 aromatic carbocycles. The van der Waals surface area contributed by atoms with Crippen molar-refractivity contribution in [1.29, 1.82) is 0 Å². The van der Waals surface area contributed by atoms with Crippen molar-refractivity contribution in [3.63, 3.8) is 0 Å². The predicted molar refractivity (Wildman–Crippen MR) is 77.1 cm³/mol. The fourth-order valence-electron chi connectivity index (χ4n) is 2.81. The summed E-state index contributed by atoms with van der Waals surface area (Å²) in [4.78, 5) is 2.30. The third kappa shape index (κ3) is 2.81. The number of nitrogens with two attached hydrogens (primary N) is 1. The third-order valence-corrected chi connectivity index (χ3v) is 4.09. The van der Waals surface area contributed by atoms with Gasteiger partial charge in [0.1, 0.15) is 11.5 Å². The lowest BCUT2D eigenvalue weighted by molar-refractivity contribution is 0.301. The molecule has 2 unspecified atom stereocenters. The molecule has 5 heteroatoms. The number of ether oxygens (including phenoxy) is 2. The molecule has 1 aliphatic heterocycles. The van der Waals surface area contributed by atoms with E-state index in [1.165, 1.54) is 0 Å². The summed E-state index contributed by atoms with van der Waals surface area (Å²) in [5.41, 5.74) is 6.86. The van der Waals surface area contributed by atoms with Crippen LogP contribution < -0.4 is 15.2 Å². The van der Waals surface area contributed by atoms with Crippen LogP contribution >= 0.6 is 11.6 Å². The van der Waals surface area contributed by atoms with Crippen LogP contribution in [0.25, 0.3) is 0 Å². The summed E-state index contributed by atoms with van der Waals surface area (Å²) in [6.07, 6.45) is 1.02. The summed E-state index contributed by atoms with van der Waals surface area (Å²) in [5, 5.41) is 0.585. The van der Waals surface area contributed by atoms with Crippen molar-refractivity contribution in [3.05, 3.63) is 22.7 Å². The molecule has 1 saturated heterocycles. The van der Waals surface area contributed by atoms with Gasteiger partial charge in [0, 0.05) is 24.2 Å². The van der Waals surface area contributed by atoms with Crippen LogP contribution in [-0.2, 0) is 0 Å². The lowest BCUT2D eigenvalue weighted by atomic mass is 9.99. The number of hydrogen-bond acceptors (Lipinski definition) is 4. The smallest absolute Gasteiger partial charge is 0.142 e.